The van der Waals surface area contributed by atoms with Gasteiger partial charge < -0.3 is 11.1 Å². The van der Waals surface area contributed by atoms with Gasteiger partial charge in [0.15, 0.2) is 0 Å². The second-order valence-corrected chi connectivity index (χ2v) is 3.98. The number of aromatic nitrogens is 1. The number of hydrogen-bond acceptors (Lipinski definition) is 3. The molecule has 0 saturated carbocycles. The summed E-state index contributed by atoms with van der Waals surface area (Å²) >= 11 is 0. The number of nitrogens with two attached hydrogens (primary N) is 1. The van der Waals surface area contributed by atoms with Gasteiger partial charge in [0.05, 0.1) is 6.04 Å². The number of rotatable bonds is 3. The number of carbonyl (C=O) groups is 1. The van der Waals surface area contributed by atoms with Gasteiger partial charge in [0.25, 0.3) is 0 Å². The monoisotopic (exact) mass is 207 g/mol. The fourth-order valence-electron chi connectivity index (χ4n) is 1.05. The van der Waals surface area contributed by atoms with E-state index in [1.165, 1.54) is 0 Å². The van der Waals surface area contributed by atoms with Crippen LogP contribution < -0.4 is 11.1 Å². The summed E-state index contributed by atoms with van der Waals surface area (Å²) in [5.41, 5.74) is 6.75. The number of nitrogens with one attached hydrogen (secondary N) is 1. The number of nitrogens with zero attached hydrogens (tertiary/aromatic N) is 1. The summed E-state index contributed by atoms with van der Waals surface area (Å²) in [5.74, 6) is 0.471. The van der Waals surface area contributed by atoms with Crippen LogP contribution in [-0.4, -0.2) is 16.9 Å². The zero-order valence-electron chi connectivity index (χ0n) is 9.32. The Bertz CT molecular complexity index is 332. The van der Waals surface area contributed by atoms with Gasteiger partial charge in [0, 0.05) is 6.20 Å². The number of anilines is 1. The number of amides is 1. The zero-order valence-corrected chi connectivity index (χ0v) is 9.32. The van der Waals surface area contributed by atoms with E-state index in [1.807, 2.05) is 26.8 Å². The van der Waals surface area contributed by atoms with E-state index in [0.29, 0.717) is 5.82 Å². The molecule has 0 bridgehead atoms. The Balaban J connectivity index is 2.62. The lowest BCUT2D eigenvalue weighted by Gasteiger charge is -2.14. The Morgan fingerprint density at radius 1 is 1.47 bits per heavy atom. The maximum absolute atomic E-state index is 11.6. The Kier molecular flexibility index (Phi) is 3.80. The van der Waals surface area contributed by atoms with Crippen LogP contribution >= 0.6 is 0 Å². The molecule has 4 nitrogen and oxygen atoms in total. The molecule has 1 rings (SSSR count). The summed E-state index contributed by atoms with van der Waals surface area (Å²) in [7, 11) is 0. The van der Waals surface area contributed by atoms with E-state index >= 15 is 0 Å². The van der Waals surface area contributed by atoms with E-state index in [9.17, 15) is 4.79 Å². The van der Waals surface area contributed by atoms with E-state index < -0.39 is 6.04 Å². The van der Waals surface area contributed by atoms with Gasteiger partial charge in [-0.2, -0.15) is 0 Å². The summed E-state index contributed by atoms with van der Waals surface area (Å²) < 4.78 is 0. The van der Waals surface area contributed by atoms with Crippen LogP contribution in [0.15, 0.2) is 18.3 Å². The average Bonchev–Trinajstić information content (AvgIpc) is 2.20. The molecule has 0 saturated heterocycles. The van der Waals surface area contributed by atoms with Crippen molar-refractivity contribution in [3.8, 4) is 0 Å². The van der Waals surface area contributed by atoms with Crippen molar-refractivity contribution in [2.24, 2.45) is 11.7 Å². The highest BCUT2D eigenvalue weighted by molar-refractivity contribution is 5.93. The first-order chi connectivity index (χ1) is 7.00. The molecule has 1 amide bonds. The molecule has 1 aromatic heterocycles. The van der Waals surface area contributed by atoms with Crippen LogP contribution in [0.4, 0.5) is 5.82 Å². The molecule has 0 radical (unpaired) electrons. The van der Waals surface area contributed by atoms with Crippen LogP contribution in [0.1, 0.15) is 19.4 Å². The van der Waals surface area contributed by atoms with Crippen molar-refractivity contribution in [3.63, 3.8) is 0 Å². The van der Waals surface area contributed by atoms with Gasteiger partial charge in [-0.3, -0.25) is 4.79 Å². The summed E-state index contributed by atoms with van der Waals surface area (Å²) in [4.78, 5) is 15.6. The van der Waals surface area contributed by atoms with Crippen molar-refractivity contribution in [2.75, 3.05) is 5.32 Å². The topological polar surface area (TPSA) is 68.0 Å². The minimum atomic E-state index is -0.492. The lowest BCUT2D eigenvalue weighted by atomic mass is 10.1. The van der Waals surface area contributed by atoms with E-state index in [4.69, 9.17) is 5.73 Å². The molecule has 1 atom stereocenters. The normalized spacial score (nSPS) is 12.6. The van der Waals surface area contributed by atoms with Gasteiger partial charge in [-0.15, -0.1) is 0 Å². The van der Waals surface area contributed by atoms with Gasteiger partial charge in [-0.1, -0.05) is 19.9 Å². The Labute approximate surface area is 89.9 Å². The third-order valence-electron chi connectivity index (χ3n) is 2.18. The maximum Gasteiger partial charge on any atom is 0.242 e. The molecule has 0 aromatic carbocycles. The lowest BCUT2D eigenvalue weighted by Crippen LogP contribution is -2.39. The fourth-order valence-corrected chi connectivity index (χ4v) is 1.05. The van der Waals surface area contributed by atoms with E-state index in [-0.39, 0.29) is 11.8 Å². The second kappa shape index (κ2) is 4.89. The molecule has 0 aliphatic carbocycles. The Morgan fingerprint density at radius 3 is 2.60 bits per heavy atom. The zero-order chi connectivity index (χ0) is 11.4. The molecule has 1 aromatic rings. The molecule has 0 unspecified atom stereocenters. The van der Waals surface area contributed by atoms with Crippen molar-refractivity contribution < 1.29 is 4.79 Å². The predicted octanol–water partition coefficient (Wildman–Crippen LogP) is 1.31. The fraction of sp³-hybridized carbons (Fsp3) is 0.455. The molecule has 4 heteroatoms. The molecular weight excluding hydrogens is 190 g/mol. The third kappa shape index (κ3) is 3.32. The van der Waals surface area contributed by atoms with E-state index in [1.54, 1.807) is 12.3 Å². The van der Waals surface area contributed by atoms with Crippen LogP contribution in [0.5, 0.6) is 0 Å². The van der Waals surface area contributed by atoms with Gasteiger partial charge in [0.2, 0.25) is 5.91 Å². The van der Waals surface area contributed by atoms with Gasteiger partial charge >= 0.3 is 0 Å². The molecule has 0 fully saturated rings. The molecule has 0 aliphatic heterocycles. The first kappa shape index (κ1) is 11.7. The Hall–Kier alpha value is -1.42. The van der Waals surface area contributed by atoms with Crippen LogP contribution in [-0.2, 0) is 4.79 Å². The summed E-state index contributed by atoms with van der Waals surface area (Å²) in [6.45, 7) is 5.76. The first-order valence-electron chi connectivity index (χ1n) is 5.00. The molecule has 15 heavy (non-hydrogen) atoms. The van der Waals surface area contributed by atoms with Crippen molar-refractivity contribution in [1.29, 1.82) is 0 Å². The summed E-state index contributed by atoms with van der Waals surface area (Å²) in [6, 6.07) is 3.16. The second-order valence-electron chi connectivity index (χ2n) is 3.98. The number of carbonyl (C=O) groups excluding carboxylic acids is 1. The quantitative estimate of drug-likeness (QED) is 0.785. The van der Waals surface area contributed by atoms with Crippen molar-refractivity contribution in [3.05, 3.63) is 23.9 Å². The van der Waals surface area contributed by atoms with Crippen molar-refractivity contribution in [1.82, 2.24) is 4.98 Å². The molecule has 0 spiro atoms. The van der Waals surface area contributed by atoms with Crippen LogP contribution in [0.3, 0.4) is 0 Å². The smallest absolute Gasteiger partial charge is 0.242 e. The molecule has 0 aliphatic rings. The Morgan fingerprint density at radius 2 is 2.13 bits per heavy atom. The van der Waals surface area contributed by atoms with Gasteiger partial charge in [-0.25, -0.2) is 4.98 Å². The van der Waals surface area contributed by atoms with E-state index in [0.717, 1.165) is 5.56 Å². The van der Waals surface area contributed by atoms with Crippen molar-refractivity contribution >= 4 is 11.7 Å². The van der Waals surface area contributed by atoms with Gasteiger partial charge in [-0.05, 0) is 24.5 Å². The average molecular weight is 207 g/mol. The number of pyridine rings is 1. The minimum absolute atomic E-state index is 0.121. The first-order valence-corrected chi connectivity index (χ1v) is 5.00. The highest BCUT2D eigenvalue weighted by Gasteiger charge is 2.17. The molecule has 82 valence electrons. The highest BCUT2D eigenvalue weighted by atomic mass is 16.2. The largest absolute Gasteiger partial charge is 0.320 e. The summed E-state index contributed by atoms with van der Waals surface area (Å²) in [6.07, 6.45) is 1.70. The van der Waals surface area contributed by atoms with Crippen LogP contribution in [0, 0.1) is 12.8 Å². The molecule has 1 heterocycles. The van der Waals surface area contributed by atoms with E-state index in [2.05, 4.69) is 10.3 Å². The van der Waals surface area contributed by atoms with Crippen LogP contribution in [0.2, 0.25) is 0 Å². The van der Waals surface area contributed by atoms with Crippen molar-refractivity contribution in [2.45, 2.75) is 26.8 Å². The van der Waals surface area contributed by atoms with Crippen LogP contribution in [0.25, 0.3) is 0 Å². The third-order valence-corrected chi connectivity index (χ3v) is 2.18. The predicted molar refractivity (Wildman–Crippen MR) is 60.4 cm³/mol. The minimum Gasteiger partial charge on any atom is -0.320 e. The summed E-state index contributed by atoms with van der Waals surface area (Å²) in [5, 5.41) is 2.68. The van der Waals surface area contributed by atoms with Gasteiger partial charge in [0.1, 0.15) is 5.82 Å². The highest BCUT2D eigenvalue weighted by Crippen LogP contribution is 2.06. The standard InChI is InChI=1S/C11H17N3O/c1-7(2)10(12)11(15)14-9-5-4-8(3)6-13-9/h4-7,10H,12H2,1-3H3,(H,13,14,15)/t10-/m0/s1. The number of hydrogen-bond donors (Lipinski definition) is 2. The number of aryl methyl sites for hydroxylation is 1. The lowest BCUT2D eigenvalue weighted by molar-refractivity contribution is -0.118. The molecule has 3 N–H and O–H groups in total. The SMILES string of the molecule is Cc1ccc(NC(=O)[C@@H](N)C(C)C)nc1. The maximum atomic E-state index is 11.6. The molecular formula is C11H17N3O.